The molecule has 0 saturated carbocycles. The van der Waals surface area contributed by atoms with Gasteiger partial charge in [0.2, 0.25) is 7.65 Å². The van der Waals surface area contributed by atoms with Crippen LogP contribution in [-0.2, 0) is 9.32 Å². The van der Waals surface area contributed by atoms with Crippen molar-refractivity contribution < 1.29 is 18.9 Å². The predicted molar refractivity (Wildman–Crippen MR) is 122 cm³/mol. The van der Waals surface area contributed by atoms with Crippen molar-refractivity contribution >= 4 is 24.9 Å². The van der Waals surface area contributed by atoms with Gasteiger partial charge in [-0.25, -0.2) is 0 Å². The number of likely N-dealkylation sites (N-methyl/N-ethyl adjacent to an activating group) is 1. The molecule has 0 amide bonds. The lowest BCUT2D eigenvalue weighted by atomic mass is 10.1. The molecule has 28 heavy (non-hydrogen) atoms. The smallest absolute Gasteiger partial charge is 0.305 e. The summed E-state index contributed by atoms with van der Waals surface area (Å²) in [6.07, 6.45) is 15.9. The van der Waals surface area contributed by atoms with Crippen LogP contribution in [-0.4, -0.2) is 55.9 Å². The number of aliphatic carboxylic acids is 1. The average Bonchev–Trinajstić information content (AvgIpc) is 2.56. The summed E-state index contributed by atoms with van der Waals surface area (Å²) in [6, 6.07) is -0.178. The molecule has 0 saturated heterocycles. The van der Waals surface area contributed by atoms with Crippen molar-refractivity contribution in [1.29, 1.82) is 0 Å². The maximum absolute atomic E-state index is 11.0. The number of quaternary nitrogens is 1. The van der Waals surface area contributed by atoms with Gasteiger partial charge in [0.15, 0.2) is 0 Å². The van der Waals surface area contributed by atoms with Crippen molar-refractivity contribution in [3.8, 4) is 0 Å². The maximum atomic E-state index is 11.0. The molecule has 0 spiro atoms. The molecule has 0 aliphatic rings. The molecule has 0 fully saturated rings. The Kier molecular flexibility index (Phi) is 17.9. The van der Waals surface area contributed by atoms with Crippen molar-refractivity contribution in [2.45, 2.75) is 96.4 Å². The molecule has 0 rings (SSSR count). The van der Waals surface area contributed by atoms with Crippen molar-refractivity contribution in [3.63, 3.8) is 0 Å². The van der Waals surface area contributed by atoms with Gasteiger partial charge in [-0.15, -0.1) is 0 Å². The highest BCUT2D eigenvalue weighted by Crippen LogP contribution is 2.39. The predicted octanol–water partition coefficient (Wildman–Crippen LogP) is 6.31. The van der Waals surface area contributed by atoms with E-state index >= 15 is 0 Å². The van der Waals surface area contributed by atoms with E-state index in [-0.39, 0.29) is 12.5 Å². The number of carboxylic acids is 1. The van der Waals surface area contributed by atoms with E-state index in [1.54, 1.807) is 0 Å². The van der Waals surface area contributed by atoms with Crippen LogP contribution in [0.4, 0.5) is 0 Å². The Balaban J connectivity index is 3.61. The van der Waals surface area contributed by atoms with E-state index in [1.807, 2.05) is 21.1 Å². The summed E-state index contributed by atoms with van der Waals surface area (Å²) >= 11 is 6.26. The number of nitrogens with one attached hydrogen (secondary N) is 1. The van der Waals surface area contributed by atoms with Crippen molar-refractivity contribution in [1.82, 2.24) is 5.09 Å². The molecule has 0 heterocycles. The van der Waals surface area contributed by atoms with E-state index in [0.29, 0.717) is 17.6 Å². The molecule has 2 N–H and O–H groups in total. The number of halogens is 1. The summed E-state index contributed by atoms with van der Waals surface area (Å²) in [7, 11) is 4.83. The molecule has 1 unspecified atom stereocenters. The van der Waals surface area contributed by atoms with Crippen LogP contribution >= 0.6 is 18.9 Å². The summed E-state index contributed by atoms with van der Waals surface area (Å²) in [6.45, 7) is 3.60. The Morgan fingerprint density at radius 3 is 1.86 bits per heavy atom. The normalized spacial score (nSPS) is 14.2. The summed E-state index contributed by atoms with van der Waals surface area (Å²) in [5, 5.41) is 12.2. The third kappa shape index (κ3) is 20.8. The largest absolute Gasteiger partial charge is 0.481 e. The van der Waals surface area contributed by atoms with Gasteiger partial charge in [-0.2, -0.15) is 0 Å². The first-order valence-electron chi connectivity index (χ1n) is 11.1. The topological polar surface area (TPSA) is 58.6 Å². The molecule has 0 aromatic heterocycles. The summed E-state index contributed by atoms with van der Waals surface area (Å²) in [5.41, 5.74) is 0. The van der Waals surface area contributed by atoms with Gasteiger partial charge >= 0.3 is 5.97 Å². The quantitative estimate of drug-likeness (QED) is 0.132. The fourth-order valence-corrected chi connectivity index (χ4v) is 4.74. The van der Waals surface area contributed by atoms with Gasteiger partial charge in [0.05, 0.1) is 46.8 Å². The van der Waals surface area contributed by atoms with E-state index in [0.717, 1.165) is 6.42 Å². The van der Waals surface area contributed by atoms with E-state index in [9.17, 15) is 4.79 Å². The zero-order chi connectivity index (χ0) is 21.3. The van der Waals surface area contributed by atoms with Crippen LogP contribution in [0, 0.1) is 0 Å². The molecular formula is C21H45ClN2O3P+. The lowest BCUT2D eigenvalue weighted by Gasteiger charge is -2.29. The Morgan fingerprint density at radius 2 is 1.43 bits per heavy atom. The standard InChI is InChI=1S/C21H44ClN2O3P/c1-5-6-7-8-9-10-11-12-13-14-15-16-17-27-28(22)23-20(18-21(25)26)19-24(2,3)4/h20,23H,5-19H2,1-4H3/p+1/t20-,28?/m1/s1. The van der Waals surface area contributed by atoms with Crippen LogP contribution in [0.3, 0.4) is 0 Å². The Bertz CT molecular complexity index is 381. The highest BCUT2D eigenvalue weighted by atomic mass is 35.7. The minimum atomic E-state index is -1.29. The average molecular weight is 440 g/mol. The highest BCUT2D eigenvalue weighted by molar-refractivity contribution is 7.78. The first kappa shape index (κ1) is 28.1. The van der Waals surface area contributed by atoms with Crippen LogP contribution < -0.4 is 5.09 Å². The molecule has 168 valence electrons. The Morgan fingerprint density at radius 1 is 0.964 bits per heavy atom. The van der Waals surface area contributed by atoms with Crippen molar-refractivity contribution in [3.05, 3.63) is 0 Å². The van der Waals surface area contributed by atoms with Crippen LogP contribution in [0.15, 0.2) is 0 Å². The molecule has 0 aromatic carbocycles. The minimum Gasteiger partial charge on any atom is -0.481 e. The molecule has 0 aromatic rings. The fourth-order valence-electron chi connectivity index (χ4n) is 3.29. The van der Waals surface area contributed by atoms with Gasteiger partial charge in [-0.1, -0.05) is 77.6 Å². The molecule has 5 nitrogen and oxygen atoms in total. The molecule has 7 heteroatoms. The number of rotatable bonds is 20. The number of unbranched alkanes of at least 4 members (excludes halogenated alkanes) is 11. The highest BCUT2D eigenvalue weighted by Gasteiger charge is 2.23. The molecular weight excluding hydrogens is 395 g/mol. The van der Waals surface area contributed by atoms with Crippen molar-refractivity contribution in [2.75, 3.05) is 34.3 Å². The molecule has 0 aliphatic heterocycles. The first-order valence-corrected chi connectivity index (χ1v) is 13.3. The number of carboxylic acid groups (broad SMARTS) is 1. The second-order valence-corrected chi connectivity index (χ2v) is 10.8. The number of hydrogen-bond donors (Lipinski definition) is 2. The van der Waals surface area contributed by atoms with Gasteiger partial charge in [0, 0.05) is 0 Å². The van der Waals surface area contributed by atoms with E-state index < -0.39 is 13.6 Å². The monoisotopic (exact) mass is 439 g/mol. The zero-order valence-electron chi connectivity index (χ0n) is 18.7. The number of carbonyl (C=O) groups is 1. The lowest BCUT2D eigenvalue weighted by molar-refractivity contribution is -0.871. The summed E-state index contributed by atoms with van der Waals surface area (Å²) in [4.78, 5) is 11.0. The van der Waals surface area contributed by atoms with Crippen LogP contribution in [0.5, 0.6) is 0 Å². The first-order chi connectivity index (χ1) is 13.2. The van der Waals surface area contributed by atoms with Gasteiger partial charge in [0.25, 0.3) is 0 Å². The van der Waals surface area contributed by atoms with Crippen LogP contribution in [0.25, 0.3) is 0 Å². The molecule has 2 atom stereocenters. The SMILES string of the molecule is CCCCCCCCCCCCCCOP(Cl)N[C@H](CC(=O)O)C[N+](C)(C)C. The van der Waals surface area contributed by atoms with E-state index in [2.05, 4.69) is 12.0 Å². The molecule has 0 bridgehead atoms. The fraction of sp³-hybridized carbons (Fsp3) is 0.952. The second-order valence-electron chi connectivity index (χ2n) is 8.86. The number of nitrogens with zero attached hydrogens (tertiary/aromatic N) is 1. The second kappa shape index (κ2) is 17.9. The zero-order valence-corrected chi connectivity index (χ0v) is 20.4. The summed E-state index contributed by atoms with van der Waals surface area (Å²) in [5.74, 6) is -0.813. The van der Waals surface area contributed by atoms with Crippen LogP contribution in [0.1, 0.15) is 90.4 Å². The third-order valence-corrected chi connectivity index (χ3v) is 6.24. The van der Waals surface area contributed by atoms with E-state index in [4.69, 9.17) is 20.9 Å². The van der Waals surface area contributed by atoms with Crippen molar-refractivity contribution in [2.24, 2.45) is 0 Å². The third-order valence-electron chi connectivity index (χ3n) is 4.68. The molecule has 0 aliphatic carbocycles. The summed E-state index contributed by atoms with van der Waals surface area (Å²) < 4.78 is 6.36. The Labute approximate surface area is 179 Å². The van der Waals surface area contributed by atoms with Gasteiger partial charge in [-0.3, -0.25) is 9.88 Å². The van der Waals surface area contributed by atoms with Gasteiger partial charge < -0.3 is 14.1 Å². The van der Waals surface area contributed by atoms with Crippen LogP contribution in [0.2, 0.25) is 0 Å². The van der Waals surface area contributed by atoms with Gasteiger partial charge in [-0.05, 0) is 17.7 Å². The minimum absolute atomic E-state index is 0.0586. The lowest BCUT2D eigenvalue weighted by Crippen LogP contribution is -2.46. The van der Waals surface area contributed by atoms with Gasteiger partial charge in [0.1, 0.15) is 0 Å². The molecule has 0 radical (unpaired) electrons. The Hall–Kier alpha value is 0.0700. The van der Waals surface area contributed by atoms with E-state index in [1.165, 1.54) is 70.6 Å². The number of hydrogen-bond acceptors (Lipinski definition) is 3. The maximum Gasteiger partial charge on any atom is 0.305 e.